The summed E-state index contributed by atoms with van der Waals surface area (Å²) >= 11 is 0. The maximum atomic E-state index is 12.7. The van der Waals surface area contributed by atoms with E-state index in [1.165, 1.54) is 70.6 Å². The van der Waals surface area contributed by atoms with E-state index in [-0.39, 0.29) is 37.5 Å². The number of hydrogen-bond donors (Lipinski definition) is 0. The van der Waals surface area contributed by atoms with Gasteiger partial charge in [0.2, 0.25) is 0 Å². The SMILES string of the molecule is CC/C=C\C/C=C\C/C=C\CCCC(=O)OCC(COC(=O)CCCCCCCC/C=C\C=C/CCCCC)OC(=O)CCCCCCCCC/C=C\C/C=C\CC. The van der Waals surface area contributed by atoms with Crippen molar-refractivity contribution in [2.75, 3.05) is 13.2 Å². The second kappa shape index (κ2) is 46.3. The summed E-state index contributed by atoms with van der Waals surface area (Å²) in [6, 6.07) is 0. The summed E-state index contributed by atoms with van der Waals surface area (Å²) in [5.41, 5.74) is 0. The van der Waals surface area contributed by atoms with Gasteiger partial charge in [-0.3, -0.25) is 14.4 Å². The summed E-state index contributed by atoms with van der Waals surface area (Å²) in [5, 5.41) is 0. The quantitative estimate of drug-likeness (QED) is 0.0201. The van der Waals surface area contributed by atoms with Crippen LogP contribution in [-0.4, -0.2) is 37.2 Å². The van der Waals surface area contributed by atoms with Crippen LogP contribution in [0.1, 0.15) is 207 Å². The normalized spacial score (nSPS) is 12.8. The fraction of sp³-hybridized carbons (Fsp3) is 0.673. The molecule has 0 radical (unpaired) electrons. The molecule has 0 spiro atoms. The van der Waals surface area contributed by atoms with E-state index >= 15 is 0 Å². The maximum Gasteiger partial charge on any atom is 0.306 e. The minimum absolute atomic E-state index is 0.103. The third-order valence-corrected chi connectivity index (χ3v) is 9.64. The van der Waals surface area contributed by atoms with Gasteiger partial charge in [0, 0.05) is 19.3 Å². The van der Waals surface area contributed by atoms with Crippen molar-refractivity contribution < 1.29 is 28.6 Å². The minimum Gasteiger partial charge on any atom is -0.462 e. The summed E-state index contributed by atoms with van der Waals surface area (Å²) in [4.78, 5) is 37.8. The molecule has 0 aromatic heterocycles. The van der Waals surface area contributed by atoms with Crippen LogP contribution in [-0.2, 0) is 28.6 Å². The lowest BCUT2D eigenvalue weighted by Gasteiger charge is -2.18. The van der Waals surface area contributed by atoms with E-state index in [9.17, 15) is 14.4 Å². The Balaban J connectivity index is 4.47. The first-order valence-electron chi connectivity index (χ1n) is 23.6. The zero-order valence-electron chi connectivity index (χ0n) is 37.5. The van der Waals surface area contributed by atoms with Crippen molar-refractivity contribution in [3.05, 3.63) is 85.1 Å². The number of carbonyl (C=O) groups is 3. The first kappa shape index (κ1) is 54.6. The molecule has 0 N–H and O–H groups in total. The first-order valence-corrected chi connectivity index (χ1v) is 23.6. The zero-order chi connectivity index (χ0) is 42.3. The van der Waals surface area contributed by atoms with Crippen molar-refractivity contribution in [2.24, 2.45) is 0 Å². The molecule has 58 heavy (non-hydrogen) atoms. The van der Waals surface area contributed by atoms with Crippen LogP contribution in [0.25, 0.3) is 0 Å². The third kappa shape index (κ3) is 43.7. The van der Waals surface area contributed by atoms with Gasteiger partial charge in [0.25, 0.3) is 0 Å². The van der Waals surface area contributed by atoms with Crippen LogP contribution in [0.3, 0.4) is 0 Å². The topological polar surface area (TPSA) is 78.9 Å². The Morgan fingerprint density at radius 1 is 0.379 bits per heavy atom. The van der Waals surface area contributed by atoms with Crippen molar-refractivity contribution in [2.45, 2.75) is 213 Å². The molecule has 0 aromatic rings. The molecule has 0 heterocycles. The van der Waals surface area contributed by atoms with E-state index in [0.29, 0.717) is 19.3 Å². The molecule has 0 rings (SSSR count). The molecular formula is C52H86O6. The van der Waals surface area contributed by atoms with Crippen LogP contribution in [0.2, 0.25) is 0 Å². The summed E-state index contributed by atoms with van der Waals surface area (Å²) in [6.07, 6.45) is 58.6. The first-order chi connectivity index (χ1) is 28.5. The molecule has 0 saturated carbocycles. The number of rotatable bonds is 41. The zero-order valence-corrected chi connectivity index (χ0v) is 37.5. The molecule has 6 nitrogen and oxygen atoms in total. The van der Waals surface area contributed by atoms with Gasteiger partial charge < -0.3 is 14.2 Å². The van der Waals surface area contributed by atoms with E-state index in [4.69, 9.17) is 14.2 Å². The second-order valence-corrected chi connectivity index (χ2v) is 15.3. The Bertz CT molecular complexity index is 1160. The molecule has 330 valence electrons. The van der Waals surface area contributed by atoms with Crippen molar-refractivity contribution >= 4 is 17.9 Å². The standard InChI is InChI=1S/C52H86O6/c1-4-7-10-13-16-19-22-24-26-28-30-33-36-39-42-45-51(54)57-48-49(47-56-50(53)44-41-38-35-32-29-21-18-15-12-9-6-3)58-52(55)46-43-40-37-34-31-27-25-23-20-17-14-11-8-5-2/h8-9,11-12,16-22,24,32,35,49H,4-7,10,13-15,23,25-31,33-34,36-48H2,1-3H3/b11-8-,12-9-,19-16-,20-17-,21-18-,24-22-,35-32-. The number of hydrogen-bond acceptors (Lipinski definition) is 6. The molecule has 1 unspecified atom stereocenters. The van der Waals surface area contributed by atoms with Gasteiger partial charge in [0.1, 0.15) is 13.2 Å². The molecule has 0 saturated heterocycles. The lowest BCUT2D eigenvalue weighted by Crippen LogP contribution is -2.30. The number of unbranched alkanes of at least 4 members (excludes halogenated alkanes) is 17. The summed E-state index contributed by atoms with van der Waals surface area (Å²) in [7, 11) is 0. The molecule has 0 aliphatic rings. The van der Waals surface area contributed by atoms with E-state index in [1.807, 2.05) is 0 Å². The fourth-order valence-electron chi connectivity index (χ4n) is 6.14. The number of carbonyl (C=O) groups excluding carboxylic acids is 3. The Morgan fingerprint density at radius 3 is 1.22 bits per heavy atom. The molecule has 0 aromatic carbocycles. The molecule has 0 fully saturated rings. The predicted octanol–water partition coefficient (Wildman–Crippen LogP) is 15.3. The van der Waals surface area contributed by atoms with Crippen molar-refractivity contribution in [3.63, 3.8) is 0 Å². The third-order valence-electron chi connectivity index (χ3n) is 9.64. The molecule has 0 amide bonds. The molecule has 0 bridgehead atoms. The predicted molar refractivity (Wildman–Crippen MR) is 247 cm³/mol. The van der Waals surface area contributed by atoms with E-state index < -0.39 is 6.10 Å². The highest BCUT2D eigenvalue weighted by atomic mass is 16.6. The van der Waals surface area contributed by atoms with E-state index in [2.05, 4.69) is 106 Å². The highest BCUT2D eigenvalue weighted by molar-refractivity contribution is 5.71. The average Bonchev–Trinajstić information content (AvgIpc) is 3.22. The van der Waals surface area contributed by atoms with Crippen LogP contribution in [0.15, 0.2) is 85.1 Å². The Labute approximate surface area is 356 Å². The smallest absolute Gasteiger partial charge is 0.306 e. The largest absolute Gasteiger partial charge is 0.462 e. The van der Waals surface area contributed by atoms with E-state index in [1.54, 1.807) is 0 Å². The highest BCUT2D eigenvalue weighted by Crippen LogP contribution is 2.13. The van der Waals surface area contributed by atoms with Crippen LogP contribution < -0.4 is 0 Å². The fourth-order valence-corrected chi connectivity index (χ4v) is 6.14. The number of allylic oxidation sites excluding steroid dienone is 14. The van der Waals surface area contributed by atoms with Crippen LogP contribution in [0, 0.1) is 0 Å². The van der Waals surface area contributed by atoms with Gasteiger partial charge in [-0.1, -0.05) is 176 Å². The molecule has 0 aliphatic carbocycles. The lowest BCUT2D eigenvalue weighted by atomic mass is 10.1. The summed E-state index contributed by atoms with van der Waals surface area (Å²) in [6.45, 7) is 6.30. The van der Waals surface area contributed by atoms with Gasteiger partial charge in [-0.15, -0.1) is 0 Å². The average molecular weight is 807 g/mol. The van der Waals surface area contributed by atoms with Gasteiger partial charge in [-0.05, 0) is 96.3 Å². The number of ether oxygens (including phenoxy) is 3. The lowest BCUT2D eigenvalue weighted by molar-refractivity contribution is -0.167. The Kier molecular flexibility index (Phi) is 43.6. The highest BCUT2D eigenvalue weighted by Gasteiger charge is 2.19. The van der Waals surface area contributed by atoms with Crippen LogP contribution in [0.5, 0.6) is 0 Å². The van der Waals surface area contributed by atoms with Crippen molar-refractivity contribution in [1.29, 1.82) is 0 Å². The second-order valence-electron chi connectivity index (χ2n) is 15.3. The van der Waals surface area contributed by atoms with Gasteiger partial charge >= 0.3 is 17.9 Å². The van der Waals surface area contributed by atoms with E-state index in [0.717, 1.165) is 89.9 Å². The molecule has 0 aliphatic heterocycles. The van der Waals surface area contributed by atoms with Gasteiger partial charge in [-0.2, -0.15) is 0 Å². The van der Waals surface area contributed by atoms with Crippen molar-refractivity contribution in [1.82, 2.24) is 0 Å². The minimum atomic E-state index is -0.804. The van der Waals surface area contributed by atoms with Crippen LogP contribution in [0.4, 0.5) is 0 Å². The van der Waals surface area contributed by atoms with Crippen LogP contribution >= 0.6 is 0 Å². The van der Waals surface area contributed by atoms with Gasteiger partial charge in [0.05, 0.1) is 0 Å². The Morgan fingerprint density at radius 2 is 0.741 bits per heavy atom. The molecular weight excluding hydrogens is 721 g/mol. The maximum absolute atomic E-state index is 12.7. The van der Waals surface area contributed by atoms with Crippen molar-refractivity contribution in [3.8, 4) is 0 Å². The molecule has 6 heteroatoms. The molecule has 1 atom stereocenters. The summed E-state index contributed by atoms with van der Waals surface area (Å²) < 4.78 is 16.7. The number of esters is 3. The van der Waals surface area contributed by atoms with Gasteiger partial charge in [0.15, 0.2) is 6.10 Å². The summed E-state index contributed by atoms with van der Waals surface area (Å²) in [5.74, 6) is -0.985. The van der Waals surface area contributed by atoms with Gasteiger partial charge in [-0.25, -0.2) is 0 Å². The Hall–Kier alpha value is -3.41. The monoisotopic (exact) mass is 807 g/mol.